The van der Waals surface area contributed by atoms with Crippen molar-refractivity contribution in [1.29, 1.82) is 0 Å². The maximum absolute atomic E-state index is 12.4. The fourth-order valence-electron chi connectivity index (χ4n) is 3.02. The molecule has 3 aromatic rings. The molecule has 2 N–H and O–H groups in total. The van der Waals surface area contributed by atoms with Crippen LogP contribution in [0.3, 0.4) is 0 Å². The van der Waals surface area contributed by atoms with Gasteiger partial charge >= 0.3 is 0 Å². The predicted molar refractivity (Wildman–Crippen MR) is 90.0 cm³/mol. The first-order valence-corrected chi connectivity index (χ1v) is 8.12. The Bertz CT molecular complexity index is 843. The number of nitrogens with one attached hydrogen (secondary N) is 2. The van der Waals surface area contributed by atoms with E-state index in [1.807, 2.05) is 24.3 Å². The number of fused-ring (bicyclic) bond motifs is 1. The van der Waals surface area contributed by atoms with Gasteiger partial charge < -0.3 is 9.73 Å². The molecule has 7 nitrogen and oxygen atoms in total. The van der Waals surface area contributed by atoms with E-state index in [0.717, 1.165) is 37.1 Å². The van der Waals surface area contributed by atoms with E-state index >= 15 is 0 Å². The van der Waals surface area contributed by atoms with E-state index in [2.05, 4.69) is 20.7 Å². The molecule has 1 aromatic carbocycles. The number of nitrogens with zero attached hydrogens (tertiary/aromatic N) is 3. The molecular weight excluding hydrogens is 306 g/mol. The van der Waals surface area contributed by atoms with Gasteiger partial charge in [-0.1, -0.05) is 18.2 Å². The van der Waals surface area contributed by atoms with Gasteiger partial charge in [-0.3, -0.25) is 10.1 Å². The Morgan fingerprint density at radius 3 is 2.92 bits per heavy atom. The minimum Gasteiger partial charge on any atom is -0.451 e. The summed E-state index contributed by atoms with van der Waals surface area (Å²) in [6.07, 6.45) is 2.03. The highest BCUT2D eigenvalue weighted by atomic mass is 16.3. The van der Waals surface area contributed by atoms with Crippen LogP contribution in [0.25, 0.3) is 11.0 Å². The Labute approximate surface area is 139 Å². The number of aromatic nitrogens is 3. The standard InChI is InChI=1S/C17H19N5O2/c1-22-17(19-15(21-22)11-6-8-18-9-7-11)20-16(23)14-10-12-4-2-3-5-13(12)24-14/h2-5,10-11,18H,6-9H2,1H3,(H,19,20,21,23). The van der Waals surface area contributed by atoms with Crippen LogP contribution in [0.2, 0.25) is 0 Å². The number of piperidine rings is 1. The topological polar surface area (TPSA) is 85.0 Å². The normalized spacial score (nSPS) is 15.7. The van der Waals surface area contributed by atoms with Crippen LogP contribution in [0.4, 0.5) is 5.95 Å². The molecule has 1 saturated heterocycles. The number of amides is 1. The van der Waals surface area contributed by atoms with Crippen molar-refractivity contribution in [2.45, 2.75) is 18.8 Å². The van der Waals surface area contributed by atoms with Gasteiger partial charge in [-0.25, -0.2) is 4.68 Å². The third kappa shape index (κ3) is 2.78. The molecule has 7 heteroatoms. The van der Waals surface area contributed by atoms with Crippen LogP contribution >= 0.6 is 0 Å². The number of rotatable bonds is 3. The lowest BCUT2D eigenvalue weighted by Gasteiger charge is -2.19. The zero-order valence-electron chi connectivity index (χ0n) is 13.5. The van der Waals surface area contributed by atoms with Gasteiger partial charge in [0.25, 0.3) is 5.91 Å². The third-order valence-corrected chi connectivity index (χ3v) is 4.36. The van der Waals surface area contributed by atoms with Crippen LogP contribution in [-0.2, 0) is 7.05 Å². The Hall–Kier alpha value is -2.67. The molecule has 0 bridgehead atoms. The number of carbonyl (C=O) groups excluding carboxylic acids is 1. The summed E-state index contributed by atoms with van der Waals surface area (Å²) >= 11 is 0. The fourth-order valence-corrected chi connectivity index (χ4v) is 3.02. The molecule has 0 unspecified atom stereocenters. The molecule has 1 fully saturated rings. The van der Waals surface area contributed by atoms with Crippen LogP contribution in [0.5, 0.6) is 0 Å². The van der Waals surface area contributed by atoms with Gasteiger partial charge in [0.2, 0.25) is 5.95 Å². The first-order chi connectivity index (χ1) is 11.7. The van der Waals surface area contributed by atoms with Gasteiger partial charge in [-0.05, 0) is 38.1 Å². The zero-order valence-corrected chi connectivity index (χ0v) is 13.5. The molecule has 2 aromatic heterocycles. The Morgan fingerprint density at radius 2 is 2.12 bits per heavy atom. The van der Waals surface area contributed by atoms with E-state index < -0.39 is 0 Å². The summed E-state index contributed by atoms with van der Waals surface area (Å²) in [7, 11) is 1.78. The highest BCUT2D eigenvalue weighted by Crippen LogP contribution is 2.24. The molecule has 3 heterocycles. The van der Waals surface area contributed by atoms with Crippen LogP contribution in [0.15, 0.2) is 34.7 Å². The number of para-hydroxylation sites is 1. The lowest BCUT2D eigenvalue weighted by Crippen LogP contribution is -2.27. The summed E-state index contributed by atoms with van der Waals surface area (Å²) in [6, 6.07) is 9.26. The summed E-state index contributed by atoms with van der Waals surface area (Å²) in [5.74, 6) is 1.52. The Morgan fingerprint density at radius 1 is 1.33 bits per heavy atom. The van der Waals surface area contributed by atoms with Crippen molar-refractivity contribution in [3.8, 4) is 0 Å². The van der Waals surface area contributed by atoms with Gasteiger partial charge in [0.1, 0.15) is 5.58 Å². The largest absolute Gasteiger partial charge is 0.451 e. The summed E-state index contributed by atoms with van der Waals surface area (Å²) in [6.45, 7) is 1.95. The quantitative estimate of drug-likeness (QED) is 0.772. The maximum Gasteiger partial charge on any atom is 0.293 e. The number of hydrogen-bond donors (Lipinski definition) is 2. The van der Waals surface area contributed by atoms with Crippen molar-refractivity contribution in [3.05, 3.63) is 41.9 Å². The second-order valence-corrected chi connectivity index (χ2v) is 6.04. The van der Waals surface area contributed by atoms with E-state index in [1.165, 1.54) is 0 Å². The smallest absolute Gasteiger partial charge is 0.293 e. The van der Waals surface area contributed by atoms with Gasteiger partial charge in [0.05, 0.1) is 0 Å². The van der Waals surface area contributed by atoms with Crippen molar-refractivity contribution >= 4 is 22.8 Å². The molecular formula is C17H19N5O2. The number of furan rings is 1. The number of benzene rings is 1. The highest BCUT2D eigenvalue weighted by molar-refractivity contribution is 6.03. The van der Waals surface area contributed by atoms with Crippen LogP contribution in [0.1, 0.15) is 35.1 Å². The molecule has 1 aliphatic heterocycles. The average molecular weight is 325 g/mol. The van der Waals surface area contributed by atoms with Gasteiger partial charge in [-0.2, -0.15) is 10.1 Å². The SMILES string of the molecule is Cn1nc(C2CCNCC2)nc1NC(=O)c1cc2ccccc2o1. The molecule has 0 atom stereocenters. The van der Waals surface area contributed by atoms with Gasteiger partial charge in [0.15, 0.2) is 11.6 Å². The van der Waals surface area contributed by atoms with Crippen LogP contribution in [-0.4, -0.2) is 33.8 Å². The van der Waals surface area contributed by atoms with Gasteiger partial charge in [0, 0.05) is 18.4 Å². The molecule has 1 aliphatic rings. The molecule has 124 valence electrons. The minimum absolute atomic E-state index is 0.266. The minimum atomic E-state index is -0.321. The van der Waals surface area contributed by atoms with E-state index in [0.29, 0.717) is 17.4 Å². The number of hydrogen-bond acceptors (Lipinski definition) is 5. The molecule has 0 radical (unpaired) electrons. The average Bonchev–Trinajstić information content (AvgIpc) is 3.20. The van der Waals surface area contributed by atoms with E-state index in [9.17, 15) is 4.79 Å². The van der Waals surface area contributed by atoms with Crippen molar-refractivity contribution in [2.24, 2.45) is 7.05 Å². The van der Waals surface area contributed by atoms with Crippen molar-refractivity contribution in [1.82, 2.24) is 20.1 Å². The summed E-state index contributed by atoms with van der Waals surface area (Å²) in [5.41, 5.74) is 0.691. The van der Waals surface area contributed by atoms with Crippen LogP contribution in [0, 0.1) is 0 Å². The first kappa shape index (κ1) is 14.9. The molecule has 0 spiro atoms. The zero-order chi connectivity index (χ0) is 16.5. The fraction of sp³-hybridized carbons (Fsp3) is 0.353. The second kappa shape index (κ2) is 6.09. The van der Waals surface area contributed by atoms with Crippen molar-refractivity contribution < 1.29 is 9.21 Å². The summed E-state index contributed by atoms with van der Waals surface area (Å²) in [5, 5.41) is 11.5. The lowest BCUT2D eigenvalue weighted by atomic mass is 9.98. The molecule has 1 amide bonds. The lowest BCUT2D eigenvalue weighted by molar-refractivity contribution is 0.0997. The Balaban J connectivity index is 1.53. The molecule has 0 saturated carbocycles. The molecule has 24 heavy (non-hydrogen) atoms. The monoisotopic (exact) mass is 325 g/mol. The summed E-state index contributed by atoms with van der Waals surface area (Å²) < 4.78 is 7.20. The maximum atomic E-state index is 12.4. The number of anilines is 1. The number of aryl methyl sites for hydroxylation is 1. The van der Waals surface area contributed by atoms with Gasteiger partial charge in [-0.15, -0.1) is 0 Å². The highest BCUT2D eigenvalue weighted by Gasteiger charge is 2.22. The Kier molecular flexibility index (Phi) is 3.78. The van der Waals surface area contributed by atoms with Crippen LogP contribution < -0.4 is 10.6 Å². The van der Waals surface area contributed by atoms with E-state index in [4.69, 9.17) is 4.42 Å². The summed E-state index contributed by atoms with van der Waals surface area (Å²) in [4.78, 5) is 16.9. The van der Waals surface area contributed by atoms with E-state index in [-0.39, 0.29) is 11.7 Å². The third-order valence-electron chi connectivity index (χ3n) is 4.36. The molecule has 4 rings (SSSR count). The van der Waals surface area contributed by atoms with Crippen molar-refractivity contribution in [2.75, 3.05) is 18.4 Å². The second-order valence-electron chi connectivity index (χ2n) is 6.04. The molecule has 0 aliphatic carbocycles. The first-order valence-electron chi connectivity index (χ1n) is 8.12. The van der Waals surface area contributed by atoms with E-state index in [1.54, 1.807) is 17.8 Å². The predicted octanol–water partition coefficient (Wildman–Crippen LogP) is 2.28. The number of carbonyl (C=O) groups is 1. The van der Waals surface area contributed by atoms with Crippen molar-refractivity contribution in [3.63, 3.8) is 0 Å².